The third-order valence-corrected chi connectivity index (χ3v) is 11.1. The number of amides is 2. The second kappa shape index (κ2) is 13.3. The first-order chi connectivity index (χ1) is 21.3. The predicted octanol–water partition coefficient (Wildman–Crippen LogP) is 7.45. The van der Waals surface area contributed by atoms with Gasteiger partial charge in [-0.3, -0.25) is 14.8 Å². The molecule has 2 aromatic rings. The lowest BCUT2D eigenvalue weighted by atomic mass is 9.86. The Labute approximate surface area is 279 Å². The maximum Gasteiger partial charge on any atom is 0.418 e. The maximum atomic E-state index is 15.7. The fraction of sp³-hybridized carbons (Fsp3) is 0.531. The van der Waals surface area contributed by atoms with Crippen LogP contribution in [0.1, 0.15) is 50.9 Å². The van der Waals surface area contributed by atoms with Gasteiger partial charge in [-0.05, 0) is 70.0 Å². The third kappa shape index (κ3) is 8.15. The molecule has 1 aliphatic heterocycles. The number of ether oxygens (including phenoxy) is 2. The molecule has 4 rings (SSSR count). The van der Waals surface area contributed by atoms with E-state index in [9.17, 15) is 9.59 Å². The minimum Gasteiger partial charge on any atom is -0.443 e. The van der Waals surface area contributed by atoms with Gasteiger partial charge in [-0.15, -0.1) is 0 Å². The van der Waals surface area contributed by atoms with Gasteiger partial charge in [0.1, 0.15) is 22.9 Å². The molecular weight excluding hydrogens is 652 g/mol. The van der Waals surface area contributed by atoms with Crippen LogP contribution in [-0.2, 0) is 19.8 Å². The summed E-state index contributed by atoms with van der Waals surface area (Å²) in [4.78, 5) is 43.0. The fourth-order valence-electron chi connectivity index (χ4n) is 5.17. The van der Waals surface area contributed by atoms with Crippen molar-refractivity contribution in [3.05, 3.63) is 58.4 Å². The van der Waals surface area contributed by atoms with Gasteiger partial charge in [0, 0.05) is 52.7 Å². The molecule has 14 heteroatoms. The molecule has 0 saturated heterocycles. The summed E-state index contributed by atoms with van der Waals surface area (Å²) in [5.41, 5.74) is -1.78. The lowest BCUT2D eigenvalue weighted by molar-refractivity contribution is -0.129. The van der Waals surface area contributed by atoms with E-state index in [2.05, 4.69) is 29.6 Å². The van der Waals surface area contributed by atoms with E-state index in [0.29, 0.717) is 18.1 Å². The summed E-state index contributed by atoms with van der Waals surface area (Å²) >= 11 is 7.05. The van der Waals surface area contributed by atoms with E-state index in [-0.39, 0.29) is 34.6 Å². The van der Waals surface area contributed by atoms with Crippen LogP contribution in [0.3, 0.4) is 0 Å². The lowest BCUT2D eigenvalue weighted by Gasteiger charge is -2.38. The number of amidine groups is 1. The number of carbonyl (C=O) groups is 2. The summed E-state index contributed by atoms with van der Waals surface area (Å²) in [6, 6.07) is 5.30. The summed E-state index contributed by atoms with van der Waals surface area (Å²) in [6.45, 7) is 13.9. The van der Waals surface area contributed by atoms with Crippen LogP contribution in [0.25, 0.3) is 11.9 Å². The molecule has 0 radical (unpaired) electrons. The van der Waals surface area contributed by atoms with Gasteiger partial charge in [0.25, 0.3) is 0 Å². The highest BCUT2D eigenvalue weighted by atomic mass is 35.5. The van der Waals surface area contributed by atoms with Crippen LogP contribution in [0.4, 0.5) is 13.6 Å². The number of rotatable bonds is 9. The van der Waals surface area contributed by atoms with Crippen LogP contribution in [0.5, 0.6) is 0 Å². The highest BCUT2D eigenvalue weighted by Gasteiger charge is 2.72. The second-order valence-electron chi connectivity index (χ2n) is 14.2. The highest BCUT2D eigenvalue weighted by Crippen LogP contribution is 2.67. The van der Waals surface area contributed by atoms with Crippen molar-refractivity contribution in [3.63, 3.8) is 0 Å². The van der Waals surface area contributed by atoms with Gasteiger partial charge in [0.2, 0.25) is 11.9 Å². The normalized spacial score (nSPS) is 22.9. The maximum absolute atomic E-state index is 15.7. The number of aromatic nitrogens is 2. The Morgan fingerprint density at radius 1 is 1.20 bits per heavy atom. The third-order valence-electron chi connectivity index (χ3n) is 7.69. The van der Waals surface area contributed by atoms with Gasteiger partial charge in [0.05, 0.1) is 16.3 Å². The first-order valence-electron chi connectivity index (χ1n) is 15.0. The molecule has 0 N–H and O–H groups in total. The summed E-state index contributed by atoms with van der Waals surface area (Å²) in [5.74, 6) is -2.10. The van der Waals surface area contributed by atoms with E-state index in [0.717, 1.165) is 6.04 Å². The zero-order valence-corrected chi connectivity index (χ0v) is 30.4. The molecule has 3 heterocycles. The van der Waals surface area contributed by atoms with Crippen molar-refractivity contribution in [2.75, 3.05) is 27.4 Å². The van der Waals surface area contributed by atoms with Crippen LogP contribution < -0.4 is 0 Å². The van der Waals surface area contributed by atoms with Crippen molar-refractivity contribution in [1.82, 2.24) is 19.8 Å². The van der Waals surface area contributed by atoms with Gasteiger partial charge in [-0.1, -0.05) is 43.0 Å². The molecule has 1 saturated carbocycles. The predicted molar refractivity (Wildman–Crippen MR) is 181 cm³/mol. The molecule has 0 bridgehead atoms. The lowest BCUT2D eigenvalue weighted by Crippen LogP contribution is -2.48. The Kier molecular flexibility index (Phi) is 10.4. The van der Waals surface area contributed by atoms with Crippen molar-refractivity contribution in [3.8, 4) is 0 Å². The van der Waals surface area contributed by atoms with Crippen LogP contribution in [-0.4, -0.2) is 82.8 Å². The molecule has 250 valence electrons. The number of carbonyl (C=O) groups excluding carboxylic acids is 2. The van der Waals surface area contributed by atoms with E-state index in [1.165, 1.54) is 58.2 Å². The van der Waals surface area contributed by atoms with Crippen molar-refractivity contribution in [2.45, 2.75) is 75.7 Å². The first-order valence-corrected chi connectivity index (χ1v) is 19.9. The minimum absolute atomic E-state index is 0.0516. The summed E-state index contributed by atoms with van der Waals surface area (Å²) in [7, 11) is 1.88. The SMILES string of the molecule is CN(C)C(=O)[C@]12C[C@H]1[C@@](C)(c1cc(/C=C(\F)c3ccc(Cl)cn3)cnc1F)N=C(N(COCC[Si](C)(C)C)C(=O)OC(C)(C)C)S2. The largest absolute Gasteiger partial charge is 0.443 e. The van der Waals surface area contributed by atoms with E-state index < -0.39 is 47.7 Å². The number of nitrogens with zero attached hydrogens (tertiary/aromatic N) is 5. The number of pyridine rings is 2. The number of thioether (sulfide) groups is 1. The first kappa shape index (κ1) is 36.0. The average Bonchev–Trinajstić information content (AvgIpc) is 3.69. The van der Waals surface area contributed by atoms with Crippen LogP contribution in [0.2, 0.25) is 30.7 Å². The Hall–Kier alpha value is -2.87. The monoisotopic (exact) mass is 693 g/mol. The molecule has 2 aromatic heterocycles. The van der Waals surface area contributed by atoms with Gasteiger partial charge in [-0.2, -0.15) is 4.39 Å². The molecule has 1 fully saturated rings. The Morgan fingerprint density at radius 2 is 1.89 bits per heavy atom. The van der Waals surface area contributed by atoms with Gasteiger partial charge in [-0.25, -0.2) is 19.1 Å². The molecule has 1 aliphatic carbocycles. The molecule has 46 heavy (non-hydrogen) atoms. The number of hydrogen-bond acceptors (Lipinski definition) is 8. The molecule has 2 aliphatic rings. The smallest absolute Gasteiger partial charge is 0.418 e. The molecule has 0 unspecified atom stereocenters. The molecule has 3 atom stereocenters. The fourth-order valence-corrected chi connectivity index (χ4v) is 7.73. The van der Waals surface area contributed by atoms with Crippen molar-refractivity contribution in [2.24, 2.45) is 10.9 Å². The summed E-state index contributed by atoms with van der Waals surface area (Å²) in [6.07, 6.45) is 3.41. The van der Waals surface area contributed by atoms with Crippen molar-refractivity contribution in [1.29, 1.82) is 0 Å². The Morgan fingerprint density at radius 3 is 2.48 bits per heavy atom. The van der Waals surface area contributed by atoms with Crippen molar-refractivity contribution >= 4 is 60.5 Å². The summed E-state index contributed by atoms with van der Waals surface area (Å²) in [5, 5.41) is 0.534. The van der Waals surface area contributed by atoms with Crippen LogP contribution >= 0.6 is 23.4 Å². The van der Waals surface area contributed by atoms with E-state index in [1.54, 1.807) is 41.8 Å². The van der Waals surface area contributed by atoms with Crippen LogP contribution in [0.15, 0.2) is 35.6 Å². The molecule has 0 aromatic carbocycles. The second-order valence-corrected chi connectivity index (χ2v) is 21.6. The number of aliphatic imine (C=N–C) groups is 1. The Balaban J connectivity index is 1.80. The number of fused-ring (bicyclic) bond motifs is 1. The molecule has 0 spiro atoms. The summed E-state index contributed by atoms with van der Waals surface area (Å²) < 4.78 is 41.5. The van der Waals surface area contributed by atoms with Gasteiger partial charge in [0.15, 0.2) is 5.17 Å². The molecule has 9 nitrogen and oxygen atoms in total. The topological polar surface area (TPSA) is 97.2 Å². The van der Waals surface area contributed by atoms with E-state index in [4.69, 9.17) is 26.1 Å². The zero-order chi connectivity index (χ0) is 34.2. The highest BCUT2D eigenvalue weighted by molar-refractivity contribution is 8.16. The standard InChI is InChI=1S/C32H42ClF2N5O4SSi/c1-30(2,3)44-29(42)40(19-43-12-13-46(7,8)9)28-38-31(4,25-16-32(25,45-28)27(41)39(5)6)22-14-20(17-37-26(22)35)15-23(34)24-11-10-21(33)18-36-24/h10-11,14-15,17-18,25H,12-13,16,19H2,1-9H3/b23-15-/t25-,31+,32-/m0/s1. The van der Waals surface area contributed by atoms with Crippen LogP contribution in [0, 0.1) is 11.9 Å². The van der Waals surface area contributed by atoms with E-state index in [1.807, 2.05) is 0 Å². The molecule has 2 amide bonds. The quantitative estimate of drug-likeness (QED) is 0.116. The number of halogens is 3. The Bertz CT molecular complexity index is 1550. The van der Waals surface area contributed by atoms with Gasteiger partial charge >= 0.3 is 6.09 Å². The average molecular weight is 694 g/mol. The molecular formula is C32H42ClF2N5O4SSi. The van der Waals surface area contributed by atoms with Gasteiger partial charge < -0.3 is 14.4 Å². The zero-order valence-electron chi connectivity index (χ0n) is 27.8. The van der Waals surface area contributed by atoms with E-state index >= 15 is 8.78 Å². The number of hydrogen-bond donors (Lipinski definition) is 0. The minimum atomic E-state index is -1.43. The van der Waals surface area contributed by atoms with Crippen molar-refractivity contribution < 1.29 is 27.8 Å².